The molecule has 6 nitrogen and oxygen atoms in total. The Labute approximate surface area is 163 Å². The lowest BCUT2D eigenvalue weighted by Crippen LogP contribution is -2.36. The van der Waals surface area contributed by atoms with Gasteiger partial charge in [-0.25, -0.2) is 4.68 Å². The maximum Gasteiger partial charge on any atom is 0.267 e. The smallest absolute Gasteiger partial charge is 0.267 e. The monoisotopic (exact) mass is 377 g/mol. The van der Waals surface area contributed by atoms with Crippen LogP contribution in [0.4, 0.5) is 0 Å². The molecule has 0 radical (unpaired) electrons. The lowest BCUT2D eigenvalue weighted by Gasteiger charge is -2.15. The predicted molar refractivity (Wildman–Crippen MR) is 108 cm³/mol. The number of ether oxygens (including phenoxy) is 1. The van der Waals surface area contributed by atoms with Gasteiger partial charge in [0, 0.05) is 18.2 Å². The average molecular weight is 377 g/mol. The Morgan fingerprint density at radius 1 is 1.07 bits per heavy atom. The van der Waals surface area contributed by atoms with Crippen molar-refractivity contribution in [1.29, 1.82) is 0 Å². The number of nitrogens with one attached hydrogen (secondary N) is 1. The van der Waals surface area contributed by atoms with Gasteiger partial charge in [0.25, 0.3) is 5.56 Å². The Balaban J connectivity index is 1.76. The zero-order valence-electron chi connectivity index (χ0n) is 16.2. The molecular formula is C22H23N3O3. The first kappa shape index (κ1) is 19.4. The van der Waals surface area contributed by atoms with Crippen molar-refractivity contribution < 1.29 is 9.53 Å². The molecule has 1 atom stereocenters. The van der Waals surface area contributed by atoms with E-state index in [1.54, 1.807) is 20.1 Å². The van der Waals surface area contributed by atoms with E-state index in [0.29, 0.717) is 12.2 Å². The topological polar surface area (TPSA) is 73.2 Å². The summed E-state index contributed by atoms with van der Waals surface area (Å²) < 4.78 is 6.37. The fourth-order valence-electron chi connectivity index (χ4n) is 2.77. The van der Waals surface area contributed by atoms with Gasteiger partial charge in [0.05, 0.1) is 12.8 Å². The fraction of sp³-hybridized carbons (Fsp3) is 0.227. The van der Waals surface area contributed by atoms with Gasteiger partial charge in [0.2, 0.25) is 5.91 Å². The van der Waals surface area contributed by atoms with Gasteiger partial charge in [-0.15, -0.1) is 0 Å². The molecule has 0 aliphatic carbocycles. The minimum atomic E-state index is -0.726. The summed E-state index contributed by atoms with van der Waals surface area (Å²) in [7, 11) is 1.60. The van der Waals surface area contributed by atoms with Crippen molar-refractivity contribution in [2.45, 2.75) is 26.4 Å². The van der Waals surface area contributed by atoms with Crippen LogP contribution < -0.4 is 15.6 Å². The highest BCUT2D eigenvalue weighted by Gasteiger charge is 2.18. The van der Waals surface area contributed by atoms with Crippen LogP contribution in [0, 0.1) is 6.92 Å². The number of hydrogen-bond acceptors (Lipinski definition) is 4. The van der Waals surface area contributed by atoms with Crippen LogP contribution in [0.25, 0.3) is 11.3 Å². The molecule has 6 heteroatoms. The molecule has 1 amide bonds. The second-order valence-electron chi connectivity index (χ2n) is 6.61. The number of amides is 1. The van der Waals surface area contributed by atoms with E-state index < -0.39 is 6.04 Å². The van der Waals surface area contributed by atoms with Crippen molar-refractivity contribution in [3.05, 3.63) is 82.1 Å². The van der Waals surface area contributed by atoms with Crippen LogP contribution >= 0.6 is 0 Å². The van der Waals surface area contributed by atoms with Crippen LogP contribution in [0.5, 0.6) is 5.75 Å². The number of hydrogen-bond donors (Lipinski definition) is 1. The Hall–Kier alpha value is -3.41. The molecule has 144 valence electrons. The van der Waals surface area contributed by atoms with Crippen LogP contribution in [0.3, 0.4) is 0 Å². The largest absolute Gasteiger partial charge is 0.497 e. The first-order valence-corrected chi connectivity index (χ1v) is 9.05. The number of aromatic nitrogens is 2. The number of rotatable bonds is 6. The van der Waals surface area contributed by atoms with Crippen LogP contribution in [-0.2, 0) is 11.3 Å². The van der Waals surface area contributed by atoms with Crippen molar-refractivity contribution in [2.75, 3.05) is 7.11 Å². The quantitative estimate of drug-likeness (QED) is 0.716. The Morgan fingerprint density at radius 2 is 1.75 bits per heavy atom. The fourth-order valence-corrected chi connectivity index (χ4v) is 2.77. The van der Waals surface area contributed by atoms with E-state index >= 15 is 0 Å². The highest BCUT2D eigenvalue weighted by Crippen LogP contribution is 2.20. The van der Waals surface area contributed by atoms with Gasteiger partial charge in [-0.05, 0) is 49.7 Å². The maximum absolute atomic E-state index is 12.5. The molecule has 3 rings (SSSR count). The number of benzene rings is 2. The molecule has 1 unspecified atom stereocenters. The Morgan fingerprint density at radius 3 is 2.39 bits per heavy atom. The van der Waals surface area contributed by atoms with Crippen molar-refractivity contribution >= 4 is 5.91 Å². The van der Waals surface area contributed by atoms with Crippen molar-refractivity contribution in [2.24, 2.45) is 0 Å². The molecule has 0 aliphatic rings. The second-order valence-corrected chi connectivity index (χ2v) is 6.61. The van der Waals surface area contributed by atoms with E-state index in [9.17, 15) is 9.59 Å². The molecule has 28 heavy (non-hydrogen) atoms. The van der Waals surface area contributed by atoms with Crippen LogP contribution in [0.2, 0.25) is 0 Å². The summed E-state index contributed by atoms with van der Waals surface area (Å²) in [6, 6.07) is 17.6. The standard InChI is InChI=1S/C22H23N3O3/c1-15-4-6-17(7-5-15)14-23-22(27)16(2)25-21(26)13-12-20(24-25)18-8-10-19(28-3)11-9-18/h4-13,16H,14H2,1-3H3,(H,23,27). The first-order chi connectivity index (χ1) is 13.5. The van der Waals surface area contributed by atoms with Gasteiger partial charge < -0.3 is 10.1 Å². The van der Waals surface area contributed by atoms with Crippen molar-refractivity contribution in [3.63, 3.8) is 0 Å². The Bertz CT molecular complexity index is 1010. The van der Waals surface area contributed by atoms with E-state index in [-0.39, 0.29) is 11.5 Å². The van der Waals surface area contributed by atoms with E-state index in [2.05, 4.69) is 10.4 Å². The summed E-state index contributed by atoms with van der Waals surface area (Å²) in [5.74, 6) is 0.475. The molecular weight excluding hydrogens is 354 g/mol. The van der Waals surface area contributed by atoms with E-state index in [1.807, 2.05) is 55.5 Å². The minimum absolute atomic E-state index is 0.262. The summed E-state index contributed by atoms with van der Waals surface area (Å²) in [6.07, 6.45) is 0. The molecule has 0 spiro atoms. The van der Waals surface area contributed by atoms with Gasteiger partial charge in [-0.2, -0.15) is 5.10 Å². The molecule has 0 saturated heterocycles. The van der Waals surface area contributed by atoms with Crippen molar-refractivity contribution in [1.82, 2.24) is 15.1 Å². The number of methoxy groups -OCH3 is 1. The minimum Gasteiger partial charge on any atom is -0.497 e. The highest BCUT2D eigenvalue weighted by molar-refractivity contribution is 5.79. The number of carbonyl (C=O) groups is 1. The van der Waals surface area contributed by atoms with Crippen LogP contribution in [0.1, 0.15) is 24.1 Å². The third-order valence-corrected chi connectivity index (χ3v) is 4.54. The maximum atomic E-state index is 12.5. The number of carbonyl (C=O) groups excluding carboxylic acids is 1. The zero-order valence-corrected chi connectivity index (χ0v) is 16.2. The van der Waals surface area contributed by atoms with Gasteiger partial charge >= 0.3 is 0 Å². The molecule has 2 aromatic carbocycles. The summed E-state index contributed by atoms with van der Waals surface area (Å²) in [5, 5.41) is 7.25. The zero-order chi connectivity index (χ0) is 20.1. The van der Waals surface area contributed by atoms with Crippen LogP contribution in [0.15, 0.2) is 65.5 Å². The molecule has 0 aliphatic heterocycles. The number of aryl methyl sites for hydroxylation is 1. The second kappa shape index (κ2) is 8.52. The summed E-state index contributed by atoms with van der Waals surface area (Å²) in [5.41, 5.74) is 3.28. The summed E-state index contributed by atoms with van der Waals surface area (Å²) in [4.78, 5) is 24.8. The number of nitrogens with zero attached hydrogens (tertiary/aromatic N) is 2. The molecule has 0 bridgehead atoms. The van der Waals surface area contributed by atoms with E-state index in [0.717, 1.165) is 22.4 Å². The van der Waals surface area contributed by atoms with Gasteiger partial charge in [0.1, 0.15) is 11.8 Å². The lowest BCUT2D eigenvalue weighted by atomic mass is 10.1. The molecule has 1 heterocycles. The molecule has 1 aromatic heterocycles. The summed E-state index contributed by atoms with van der Waals surface area (Å²) >= 11 is 0. The van der Waals surface area contributed by atoms with Gasteiger partial charge in [0.15, 0.2) is 0 Å². The third-order valence-electron chi connectivity index (χ3n) is 4.54. The SMILES string of the molecule is COc1ccc(-c2ccc(=O)n(C(C)C(=O)NCc3ccc(C)cc3)n2)cc1. The molecule has 0 fully saturated rings. The summed E-state index contributed by atoms with van der Waals surface area (Å²) in [6.45, 7) is 4.07. The van der Waals surface area contributed by atoms with Crippen LogP contribution in [-0.4, -0.2) is 22.8 Å². The first-order valence-electron chi connectivity index (χ1n) is 9.05. The van der Waals surface area contributed by atoms with Gasteiger partial charge in [-0.1, -0.05) is 29.8 Å². The van der Waals surface area contributed by atoms with Gasteiger partial charge in [-0.3, -0.25) is 9.59 Å². The van der Waals surface area contributed by atoms with E-state index in [4.69, 9.17) is 4.74 Å². The average Bonchev–Trinajstić information content (AvgIpc) is 2.73. The lowest BCUT2D eigenvalue weighted by molar-refractivity contribution is -0.124. The molecule has 1 N–H and O–H groups in total. The molecule has 0 saturated carbocycles. The molecule has 3 aromatic rings. The van der Waals surface area contributed by atoms with Crippen molar-refractivity contribution in [3.8, 4) is 17.0 Å². The third kappa shape index (κ3) is 4.46. The predicted octanol–water partition coefficient (Wildman–Crippen LogP) is 3.10. The Kier molecular flexibility index (Phi) is 5.89. The normalized spacial score (nSPS) is 11.7. The van der Waals surface area contributed by atoms with E-state index in [1.165, 1.54) is 10.7 Å². The highest BCUT2D eigenvalue weighted by atomic mass is 16.5.